The van der Waals surface area contributed by atoms with Crippen molar-refractivity contribution in [3.8, 4) is 0 Å². The first-order valence-electron chi connectivity index (χ1n) is 13.1. The minimum absolute atomic E-state index is 0.0982. The second-order valence-electron chi connectivity index (χ2n) is 11.2. The molecule has 0 aliphatic carbocycles. The lowest BCUT2D eigenvalue weighted by atomic mass is 9.76. The minimum atomic E-state index is -2.54. The van der Waals surface area contributed by atoms with Crippen LogP contribution in [0.2, 0.25) is 11.1 Å². The van der Waals surface area contributed by atoms with Crippen LogP contribution in [-0.2, 0) is 23.8 Å². The Kier molecular flexibility index (Phi) is 7.95. The molecule has 2 unspecified atom stereocenters. The first-order chi connectivity index (χ1) is 18.1. The van der Waals surface area contributed by atoms with Gasteiger partial charge in [0, 0.05) is 6.42 Å². The summed E-state index contributed by atoms with van der Waals surface area (Å²) in [6, 6.07) is 29.7. The molecule has 1 aliphatic rings. The van der Waals surface area contributed by atoms with Crippen LogP contribution in [0.3, 0.4) is 0 Å². The molecule has 0 amide bonds. The molecule has 4 rings (SSSR count). The monoisotopic (exact) mass is 530 g/mol. The molecular weight excluding hydrogens is 492 g/mol. The summed E-state index contributed by atoms with van der Waals surface area (Å²) in [4.78, 5) is 27.0. The maximum Gasteiger partial charge on any atom is 0.326 e. The van der Waals surface area contributed by atoms with E-state index in [1.54, 1.807) is 0 Å². The van der Waals surface area contributed by atoms with Crippen molar-refractivity contribution in [2.24, 2.45) is 5.41 Å². The number of benzene rings is 3. The smallest absolute Gasteiger partial charge is 0.326 e. The van der Waals surface area contributed by atoms with Gasteiger partial charge >= 0.3 is 11.9 Å². The third-order valence-corrected chi connectivity index (χ3v) is 14.5. The van der Waals surface area contributed by atoms with E-state index in [0.29, 0.717) is 6.04 Å². The molecule has 3 aromatic carbocycles. The summed E-state index contributed by atoms with van der Waals surface area (Å²) in [5.41, 5.74) is 0.153. The first-order valence-corrected chi connectivity index (χ1v) is 15.3. The van der Waals surface area contributed by atoms with Gasteiger partial charge < -0.3 is 14.2 Å². The molecule has 5 nitrogen and oxygen atoms in total. The van der Waals surface area contributed by atoms with Crippen LogP contribution < -0.4 is 10.4 Å². The number of carbonyl (C=O) groups excluding carboxylic acids is 2. The normalized spacial score (nSPS) is 19.1. The van der Waals surface area contributed by atoms with Crippen molar-refractivity contribution >= 4 is 30.4 Å². The number of hydrogen-bond acceptors (Lipinski definition) is 5. The Labute approximate surface area is 227 Å². The molecule has 0 radical (unpaired) electrons. The van der Waals surface area contributed by atoms with Crippen LogP contribution in [0.4, 0.5) is 0 Å². The molecule has 2 atom stereocenters. The highest BCUT2D eigenvalue weighted by molar-refractivity contribution is 7.04. The molecular formula is C32H38O5Si. The molecule has 0 bridgehead atoms. The summed E-state index contributed by atoms with van der Waals surface area (Å²) in [5, 5.41) is 2.49. The number of rotatable bonds is 7. The summed E-state index contributed by atoms with van der Waals surface area (Å²) < 4.78 is 17.3. The van der Waals surface area contributed by atoms with Crippen LogP contribution in [-0.4, -0.2) is 40.3 Å². The zero-order valence-electron chi connectivity index (χ0n) is 23.2. The van der Waals surface area contributed by atoms with Crippen LogP contribution in [0.1, 0.15) is 44.4 Å². The molecule has 0 saturated carbocycles. The molecule has 1 fully saturated rings. The predicted molar refractivity (Wildman–Crippen MR) is 152 cm³/mol. The average molecular weight is 531 g/mol. The van der Waals surface area contributed by atoms with E-state index >= 15 is 0 Å². The van der Waals surface area contributed by atoms with Crippen molar-refractivity contribution in [3.63, 3.8) is 0 Å². The number of aryl methyl sites for hydroxylation is 1. The van der Waals surface area contributed by atoms with E-state index in [-0.39, 0.29) is 17.6 Å². The van der Waals surface area contributed by atoms with Gasteiger partial charge in [-0.15, -0.1) is 0 Å². The van der Waals surface area contributed by atoms with Crippen molar-refractivity contribution in [3.05, 3.63) is 96.1 Å². The Bertz CT molecular complexity index is 1210. The lowest BCUT2D eigenvalue weighted by molar-refractivity contribution is -0.173. The fraction of sp³-hybridized carbons (Fsp3) is 0.375. The van der Waals surface area contributed by atoms with Gasteiger partial charge in [-0.2, -0.15) is 0 Å². The largest absolute Gasteiger partial charge is 0.468 e. The van der Waals surface area contributed by atoms with Crippen LogP contribution >= 0.6 is 0 Å². The number of carbonyl (C=O) groups is 2. The molecule has 200 valence electrons. The van der Waals surface area contributed by atoms with Gasteiger partial charge in [0.1, 0.15) is 14.2 Å². The van der Waals surface area contributed by atoms with Crippen LogP contribution in [0.15, 0.2) is 84.9 Å². The highest BCUT2D eigenvalue weighted by Gasteiger charge is 2.63. The van der Waals surface area contributed by atoms with E-state index in [9.17, 15) is 9.59 Å². The van der Waals surface area contributed by atoms with E-state index in [4.69, 9.17) is 14.2 Å². The molecule has 1 saturated heterocycles. The first kappa shape index (κ1) is 27.8. The van der Waals surface area contributed by atoms with E-state index < -0.39 is 31.5 Å². The highest BCUT2D eigenvalue weighted by atomic mass is 28.3. The second kappa shape index (κ2) is 10.9. The number of esters is 2. The fourth-order valence-electron chi connectivity index (χ4n) is 6.35. The van der Waals surface area contributed by atoms with E-state index in [1.807, 2.05) is 43.3 Å². The number of methoxy groups -OCH3 is 2. The van der Waals surface area contributed by atoms with Crippen LogP contribution in [0, 0.1) is 12.3 Å². The lowest BCUT2D eigenvalue weighted by Crippen LogP contribution is -2.65. The van der Waals surface area contributed by atoms with Crippen molar-refractivity contribution < 1.29 is 23.8 Å². The third kappa shape index (κ3) is 4.61. The summed E-state index contributed by atoms with van der Waals surface area (Å²) >= 11 is 0. The highest BCUT2D eigenvalue weighted by Crippen LogP contribution is 2.53. The number of ether oxygens (including phenoxy) is 3. The Balaban J connectivity index is 1.91. The molecule has 0 aromatic heterocycles. The van der Waals surface area contributed by atoms with Gasteiger partial charge in [0.05, 0.1) is 20.3 Å². The molecule has 3 aromatic rings. The summed E-state index contributed by atoms with van der Waals surface area (Å²) in [6.45, 7) is 8.84. The summed E-state index contributed by atoms with van der Waals surface area (Å²) in [5.74, 6) is -1.25. The Morgan fingerprint density at radius 2 is 1.32 bits per heavy atom. The van der Waals surface area contributed by atoms with Crippen molar-refractivity contribution in [1.82, 2.24) is 0 Å². The molecule has 38 heavy (non-hydrogen) atoms. The van der Waals surface area contributed by atoms with Crippen molar-refractivity contribution in [2.45, 2.75) is 57.4 Å². The van der Waals surface area contributed by atoms with Crippen molar-refractivity contribution in [2.75, 3.05) is 14.2 Å². The zero-order valence-corrected chi connectivity index (χ0v) is 24.2. The molecule has 6 heteroatoms. The van der Waals surface area contributed by atoms with Gasteiger partial charge in [-0.3, -0.25) is 9.59 Å². The fourth-order valence-corrected chi connectivity index (χ4v) is 11.9. The van der Waals surface area contributed by atoms with Gasteiger partial charge in [-0.1, -0.05) is 116 Å². The lowest BCUT2D eigenvalue weighted by Gasteiger charge is -2.45. The molecule has 1 aliphatic heterocycles. The van der Waals surface area contributed by atoms with E-state index in [1.165, 1.54) is 24.6 Å². The minimum Gasteiger partial charge on any atom is -0.468 e. The van der Waals surface area contributed by atoms with Crippen LogP contribution in [0.5, 0.6) is 0 Å². The molecule has 0 spiro atoms. The topological polar surface area (TPSA) is 61.8 Å². The SMILES string of the molecule is COC(=O)C1(C(=O)OC)CC(C[Si](c2ccccc2)(c2ccccc2)C(C)(C)C)OC1c1ccccc1C. The average Bonchev–Trinajstić information content (AvgIpc) is 3.31. The van der Waals surface area contributed by atoms with Gasteiger partial charge in [-0.05, 0) is 29.1 Å². The number of hydrogen-bond donors (Lipinski definition) is 0. The van der Waals surface area contributed by atoms with Gasteiger partial charge in [-0.25, -0.2) is 0 Å². The summed E-state index contributed by atoms with van der Waals surface area (Å²) in [7, 11) is 0.0936. The quantitative estimate of drug-likeness (QED) is 0.238. The maximum absolute atomic E-state index is 13.5. The maximum atomic E-state index is 13.5. The summed E-state index contributed by atoms with van der Waals surface area (Å²) in [6.07, 6.45) is -0.994. The molecule has 1 heterocycles. The second-order valence-corrected chi connectivity index (χ2v) is 16.1. The van der Waals surface area contributed by atoms with E-state index in [0.717, 1.165) is 11.1 Å². The predicted octanol–water partition coefficient (Wildman–Crippen LogP) is 5.22. The third-order valence-electron chi connectivity index (χ3n) is 8.24. The van der Waals surface area contributed by atoms with Gasteiger partial charge in [0.15, 0.2) is 5.41 Å². The zero-order chi connectivity index (χ0) is 27.6. The Morgan fingerprint density at radius 3 is 1.76 bits per heavy atom. The van der Waals surface area contributed by atoms with Gasteiger partial charge in [0.2, 0.25) is 0 Å². The van der Waals surface area contributed by atoms with Gasteiger partial charge in [0.25, 0.3) is 0 Å². The Morgan fingerprint density at radius 1 is 0.842 bits per heavy atom. The van der Waals surface area contributed by atoms with Crippen molar-refractivity contribution in [1.29, 1.82) is 0 Å². The van der Waals surface area contributed by atoms with Crippen LogP contribution in [0.25, 0.3) is 0 Å². The Hall–Kier alpha value is -3.22. The standard InChI is InChI=1S/C32H38O5Si/c1-23-15-13-14-20-27(23)28-32(29(33)35-5,30(34)36-6)21-24(37-28)22-38(31(2,3)4,25-16-9-7-10-17-25)26-18-11-8-12-19-26/h7-20,24,28H,21-22H2,1-6H3. The van der Waals surface area contributed by atoms with E-state index in [2.05, 4.69) is 69.3 Å². The molecule has 0 N–H and O–H groups in total.